The van der Waals surface area contributed by atoms with Gasteiger partial charge in [-0.05, 0) is 58.7 Å². The lowest BCUT2D eigenvalue weighted by Crippen LogP contribution is -2.13. The molecule has 3 N–H and O–H groups in total. The Hall–Kier alpha value is -0.950. The molecule has 0 heterocycles. The molecule has 8 heteroatoms. The number of nitrogens with one attached hydrogen (secondary N) is 1. The van der Waals surface area contributed by atoms with E-state index < -0.39 is 10.0 Å². The van der Waals surface area contributed by atoms with Crippen molar-refractivity contribution >= 4 is 60.5 Å². The second kappa shape index (κ2) is 6.04. The van der Waals surface area contributed by atoms with Crippen LogP contribution < -0.4 is 10.5 Å². The minimum atomic E-state index is -3.81. The molecular weight excluding hydrogens is 399 g/mol. The monoisotopic (exact) mass is 408 g/mol. The largest absolute Gasteiger partial charge is 0.398 e. The van der Waals surface area contributed by atoms with E-state index in [0.717, 1.165) is 5.56 Å². The Kier molecular flexibility index (Phi) is 4.72. The third-order valence-corrected chi connectivity index (χ3v) is 5.18. The summed E-state index contributed by atoms with van der Waals surface area (Å²) in [5.74, 6) is 0. The van der Waals surface area contributed by atoms with Crippen LogP contribution in [0.4, 0.5) is 11.4 Å². The van der Waals surface area contributed by atoms with Gasteiger partial charge < -0.3 is 5.73 Å². The number of halogens is 3. The van der Waals surface area contributed by atoms with Crippen molar-refractivity contribution < 1.29 is 8.42 Å². The van der Waals surface area contributed by atoms with E-state index in [1.165, 1.54) is 18.2 Å². The van der Waals surface area contributed by atoms with Crippen LogP contribution in [0.1, 0.15) is 5.56 Å². The van der Waals surface area contributed by atoms with Crippen molar-refractivity contribution in [2.24, 2.45) is 0 Å². The zero-order valence-corrected chi connectivity index (χ0v) is 14.7. The van der Waals surface area contributed by atoms with Crippen LogP contribution in [0.2, 0.25) is 10.0 Å². The van der Waals surface area contributed by atoms with E-state index in [1.807, 2.05) is 6.92 Å². The summed E-state index contributed by atoms with van der Waals surface area (Å²) in [7, 11) is -3.81. The number of nitrogen functional groups attached to an aromatic ring is 1. The number of hydrogen-bond donors (Lipinski definition) is 2. The number of benzene rings is 2. The summed E-state index contributed by atoms with van der Waals surface area (Å²) in [6.45, 7) is 1.83. The Morgan fingerprint density at radius 3 is 2.24 bits per heavy atom. The summed E-state index contributed by atoms with van der Waals surface area (Å²) in [4.78, 5) is -0.0222. The quantitative estimate of drug-likeness (QED) is 0.735. The topological polar surface area (TPSA) is 72.2 Å². The van der Waals surface area contributed by atoms with Gasteiger partial charge in [0.05, 0.1) is 10.6 Å². The van der Waals surface area contributed by atoms with Gasteiger partial charge in [-0.1, -0.05) is 23.2 Å². The van der Waals surface area contributed by atoms with Crippen molar-refractivity contribution in [3.8, 4) is 0 Å². The highest BCUT2D eigenvalue weighted by molar-refractivity contribution is 9.10. The molecule has 0 aliphatic carbocycles. The van der Waals surface area contributed by atoms with Gasteiger partial charge in [-0.15, -0.1) is 0 Å². The van der Waals surface area contributed by atoms with Gasteiger partial charge in [-0.2, -0.15) is 0 Å². The summed E-state index contributed by atoms with van der Waals surface area (Å²) in [5, 5.41) is 0.482. The van der Waals surface area contributed by atoms with Crippen LogP contribution in [0.3, 0.4) is 0 Å². The highest BCUT2D eigenvalue weighted by Gasteiger charge is 2.17. The van der Waals surface area contributed by atoms with E-state index in [0.29, 0.717) is 15.8 Å². The maximum Gasteiger partial charge on any atom is 0.262 e. The number of aryl methyl sites for hydroxylation is 1. The van der Waals surface area contributed by atoms with Crippen molar-refractivity contribution in [1.82, 2.24) is 0 Å². The molecule has 2 aromatic carbocycles. The smallest absolute Gasteiger partial charge is 0.262 e. The maximum absolute atomic E-state index is 12.4. The molecule has 0 aliphatic heterocycles. The van der Waals surface area contributed by atoms with Crippen molar-refractivity contribution in [3.05, 3.63) is 50.4 Å². The summed E-state index contributed by atoms with van der Waals surface area (Å²) in [6.07, 6.45) is 0. The first-order chi connectivity index (χ1) is 9.69. The third-order valence-electron chi connectivity index (χ3n) is 2.75. The van der Waals surface area contributed by atoms with Crippen molar-refractivity contribution in [1.29, 1.82) is 0 Å². The molecule has 0 bridgehead atoms. The Labute approximate surface area is 141 Å². The van der Waals surface area contributed by atoms with E-state index >= 15 is 0 Å². The van der Waals surface area contributed by atoms with Gasteiger partial charge in [0.15, 0.2) is 0 Å². The van der Waals surface area contributed by atoms with E-state index in [9.17, 15) is 8.42 Å². The maximum atomic E-state index is 12.4. The molecular formula is C13H11BrCl2N2O2S. The molecule has 0 saturated heterocycles. The Morgan fingerprint density at radius 2 is 1.67 bits per heavy atom. The fraction of sp³-hybridized carbons (Fsp3) is 0.0769. The zero-order valence-electron chi connectivity index (χ0n) is 10.8. The van der Waals surface area contributed by atoms with Crippen LogP contribution in [-0.4, -0.2) is 8.42 Å². The first kappa shape index (κ1) is 16.4. The van der Waals surface area contributed by atoms with E-state index in [-0.39, 0.29) is 14.9 Å². The molecule has 2 rings (SSSR count). The molecule has 0 aliphatic rings. The molecule has 0 saturated carbocycles. The number of hydrogen-bond acceptors (Lipinski definition) is 3. The molecule has 2 aromatic rings. The van der Waals surface area contributed by atoms with Gasteiger partial charge in [0.2, 0.25) is 0 Å². The Morgan fingerprint density at radius 1 is 1.10 bits per heavy atom. The van der Waals surface area contributed by atoms with Gasteiger partial charge >= 0.3 is 0 Å². The molecule has 4 nitrogen and oxygen atoms in total. The minimum Gasteiger partial charge on any atom is -0.398 e. The standard InChI is InChI=1S/C13H11BrCl2N2O2S/c1-7-2-11(14)13(6-12(7)17)18-21(19,20)10-4-8(15)3-9(16)5-10/h2-6,18H,17H2,1H3. The van der Waals surface area contributed by atoms with E-state index in [1.54, 1.807) is 12.1 Å². The molecule has 0 aromatic heterocycles. The third kappa shape index (κ3) is 3.83. The van der Waals surface area contributed by atoms with E-state index in [4.69, 9.17) is 28.9 Å². The van der Waals surface area contributed by atoms with Crippen LogP contribution >= 0.6 is 39.1 Å². The first-order valence-corrected chi connectivity index (χ1v) is 8.77. The molecule has 0 spiro atoms. The average Bonchev–Trinajstić information content (AvgIpc) is 2.34. The molecule has 0 atom stereocenters. The number of sulfonamides is 1. The van der Waals surface area contributed by atoms with Crippen LogP contribution in [0, 0.1) is 6.92 Å². The number of anilines is 2. The van der Waals surface area contributed by atoms with Crippen molar-refractivity contribution in [2.75, 3.05) is 10.5 Å². The fourth-order valence-corrected chi connectivity index (χ4v) is 4.14. The molecule has 0 unspecified atom stereocenters. The Balaban J connectivity index is 2.44. The van der Waals surface area contributed by atoms with Crippen LogP contribution in [0.25, 0.3) is 0 Å². The summed E-state index contributed by atoms with van der Waals surface area (Å²) < 4.78 is 27.8. The second-order valence-corrected chi connectivity index (χ2v) is 7.81. The summed E-state index contributed by atoms with van der Waals surface area (Å²) in [6, 6.07) is 7.38. The second-order valence-electron chi connectivity index (χ2n) is 4.40. The van der Waals surface area contributed by atoms with Gasteiger partial charge in [0, 0.05) is 20.2 Å². The Bertz CT molecular complexity index is 790. The lowest BCUT2D eigenvalue weighted by Gasteiger charge is -2.12. The van der Waals surface area contributed by atoms with E-state index in [2.05, 4.69) is 20.7 Å². The highest BCUT2D eigenvalue weighted by atomic mass is 79.9. The SMILES string of the molecule is Cc1cc(Br)c(NS(=O)(=O)c2cc(Cl)cc(Cl)c2)cc1N. The number of rotatable bonds is 3. The van der Waals surface area contributed by atoms with Crippen molar-refractivity contribution in [2.45, 2.75) is 11.8 Å². The lowest BCUT2D eigenvalue weighted by atomic mass is 10.2. The predicted molar refractivity (Wildman–Crippen MR) is 90.6 cm³/mol. The fourth-order valence-electron chi connectivity index (χ4n) is 1.66. The first-order valence-electron chi connectivity index (χ1n) is 5.73. The molecule has 112 valence electrons. The van der Waals surface area contributed by atoms with Gasteiger partial charge in [-0.3, -0.25) is 4.72 Å². The van der Waals surface area contributed by atoms with Crippen molar-refractivity contribution in [3.63, 3.8) is 0 Å². The molecule has 0 fully saturated rings. The number of nitrogens with two attached hydrogens (primary N) is 1. The van der Waals surface area contributed by atoms with Crippen LogP contribution in [0.5, 0.6) is 0 Å². The normalized spacial score (nSPS) is 11.4. The van der Waals surface area contributed by atoms with Gasteiger partial charge in [0.25, 0.3) is 10.0 Å². The molecule has 21 heavy (non-hydrogen) atoms. The van der Waals surface area contributed by atoms with Gasteiger partial charge in [-0.25, -0.2) is 8.42 Å². The molecule has 0 radical (unpaired) electrons. The minimum absolute atomic E-state index is 0.0222. The van der Waals surface area contributed by atoms with Gasteiger partial charge in [0.1, 0.15) is 0 Å². The summed E-state index contributed by atoms with van der Waals surface area (Å²) in [5.41, 5.74) is 7.47. The summed E-state index contributed by atoms with van der Waals surface area (Å²) >= 11 is 15.0. The lowest BCUT2D eigenvalue weighted by molar-refractivity contribution is 0.601. The highest BCUT2D eigenvalue weighted by Crippen LogP contribution is 2.30. The van der Waals surface area contributed by atoms with Crippen LogP contribution in [0.15, 0.2) is 39.7 Å². The predicted octanol–water partition coefficient (Wildman–Crippen LogP) is 4.45. The average molecular weight is 410 g/mol. The van der Waals surface area contributed by atoms with Crippen LogP contribution in [-0.2, 0) is 10.0 Å². The zero-order chi connectivity index (χ0) is 15.8. The molecule has 0 amide bonds.